The molecule has 0 radical (unpaired) electrons. The molecular weight excluding hydrogens is 323 g/mol. The zero-order valence-corrected chi connectivity index (χ0v) is 13.2. The first-order valence-corrected chi connectivity index (χ1v) is 8.34. The highest BCUT2D eigenvalue weighted by Gasteiger charge is 2.33. The molecule has 1 fully saturated rings. The van der Waals surface area contributed by atoms with Crippen LogP contribution in [0.5, 0.6) is 0 Å². The summed E-state index contributed by atoms with van der Waals surface area (Å²) in [7, 11) is -2.07. The first-order valence-electron chi connectivity index (χ1n) is 6.10. The fraction of sp³-hybridized carbons (Fsp3) is 0.500. The molecular formula is C12H16Cl2N2O3S. The minimum atomic E-state index is -3.68. The maximum Gasteiger partial charge on any atom is 0.242 e. The van der Waals surface area contributed by atoms with Crippen molar-refractivity contribution in [2.24, 2.45) is 5.73 Å². The molecule has 0 atom stereocenters. The highest BCUT2D eigenvalue weighted by molar-refractivity contribution is 7.89. The maximum absolute atomic E-state index is 12.3. The van der Waals surface area contributed by atoms with Gasteiger partial charge in [0.05, 0.1) is 11.1 Å². The van der Waals surface area contributed by atoms with Crippen molar-refractivity contribution in [2.45, 2.75) is 36.4 Å². The van der Waals surface area contributed by atoms with E-state index in [0.29, 0.717) is 23.4 Å². The Labute approximate surface area is 128 Å². The van der Waals surface area contributed by atoms with Crippen molar-refractivity contribution in [3.8, 4) is 0 Å². The summed E-state index contributed by atoms with van der Waals surface area (Å²) in [6.07, 6.45) is 1.43. The van der Waals surface area contributed by atoms with Crippen LogP contribution in [0.4, 0.5) is 0 Å². The number of ether oxygens (including phenoxy) is 1. The van der Waals surface area contributed by atoms with Gasteiger partial charge in [0.25, 0.3) is 0 Å². The predicted octanol–water partition coefficient (Wildman–Crippen LogP) is 1.91. The summed E-state index contributed by atoms with van der Waals surface area (Å²) in [5.74, 6) is 0. The van der Waals surface area contributed by atoms with E-state index in [1.165, 1.54) is 12.1 Å². The Morgan fingerprint density at radius 2 is 2.00 bits per heavy atom. The number of sulfonamides is 1. The van der Waals surface area contributed by atoms with Gasteiger partial charge in [-0.15, -0.1) is 0 Å². The molecule has 1 aliphatic rings. The number of nitrogens with two attached hydrogens (primary N) is 1. The van der Waals surface area contributed by atoms with Crippen LogP contribution in [-0.2, 0) is 21.3 Å². The Hall–Kier alpha value is -0.370. The van der Waals surface area contributed by atoms with Crippen LogP contribution < -0.4 is 10.5 Å². The lowest BCUT2D eigenvalue weighted by atomic mass is 9.90. The van der Waals surface area contributed by atoms with E-state index in [1.54, 1.807) is 7.11 Å². The van der Waals surface area contributed by atoms with Gasteiger partial charge in [0, 0.05) is 24.7 Å². The number of rotatable bonds is 5. The normalized spacial score (nSPS) is 22.6. The third-order valence-corrected chi connectivity index (χ3v) is 5.70. The Bertz CT molecular complexity index is 601. The SMILES string of the molecule is COC1CC(NS(=O)(=O)c2cc(CN)c(Cl)cc2Cl)C1. The number of hydrogen-bond acceptors (Lipinski definition) is 4. The zero-order valence-electron chi connectivity index (χ0n) is 10.9. The summed E-state index contributed by atoms with van der Waals surface area (Å²) in [6, 6.07) is 2.69. The minimum absolute atomic E-state index is 0.00452. The highest BCUT2D eigenvalue weighted by Crippen LogP contribution is 2.30. The molecule has 0 heterocycles. The zero-order chi connectivity index (χ0) is 14.9. The third-order valence-electron chi connectivity index (χ3n) is 3.36. The van der Waals surface area contributed by atoms with E-state index in [4.69, 9.17) is 33.7 Å². The van der Waals surface area contributed by atoms with E-state index in [-0.39, 0.29) is 28.6 Å². The van der Waals surface area contributed by atoms with Crippen LogP contribution in [0.1, 0.15) is 18.4 Å². The maximum atomic E-state index is 12.3. The summed E-state index contributed by atoms with van der Waals surface area (Å²) in [5, 5.41) is 0.446. The Morgan fingerprint density at radius 3 is 2.55 bits per heavy atom. The van der Waals surface area contributed by atoms with Crippen molar-refractivity contribution in [1.82, 2.24) is 4.72 Å². The second-order valence-electron chi connectivity index (χ2n) is 4.73. The number of benzene rings is 1. The molecule has 0 bridgehead atoms. The van der Waals surface area contributed by atoms with Gasteiger partial charge in [-0.25, -0.2) is 13.1 Å². The molecule has 0 amide bonds. The number of halogens is 2. The lowest BCUT2D eigenvalue weighted by Gasteiger charge is -2.34. The Kier molecular flexibility index (Phi) is 4.94. The van der Waals surface area contributed by atoms with Crippen LogP contribution in [0.15, 0.2) is 17.0 Å². The molecule has 0 aliphatic heterocycles. The number of methoxy groups -OCH3 is 1. The largest absolute Gasteiger partial charge is 0.381 e. The van der Waals surface area contributed by atoms with E-state index < -0.39 is 10.0 Å². The number of nitrogens with one attached hydrogen (secondary N) is 1. The summed E-state index contributed by atoms with van der Waals surface area (Å²) >= 11 is 11.9. The van der Waals surface area contributed by atoms with Gasteiger partial charge in [-0.05, 0) is 30.5 Å². The van der Waals surface area contributed by atoms with Crippen LogP contribution in [0.2, 0.25) is 10.0 Å². The fourth-order valence-corrected chi connectivity index (χ4v) is 4.21. The van der Waals surface area contributed by atoms with Gasteiger partial charge >= 0.3 is 0 Å². The van der Waals surface area contributed by atoms with Gasteiger partial charge in [0.1, 0.15) is 4.90 Å². The van der Waals surface area contributed by atoms with Gasteiger partial charge in [-0.3, -0.25) is 0 Å². The molecule has 1 saturated carbocycles. The first-order chi connectivity index (χ1) is 9.37. The Balaban J connectivity index is 2.21. The van der Waals surface area contributed by atoms with Crippen molar-refractivity contribution >= 4 is 33.2 Å². The number of hydrogen-bond donors (Lipinski definition) is 2. The monoisotopic (exact) mass is 338 g/mol. The van der Waals surface area contributed by atoms with Gasteiger partial charge < -0.3 is 10.5 Å². The summed E-state index contributed by atoms with van der Waals surface area (Å²) in [4.78, 5) is 0.00452. The second-order valence-corrected chi connectivity index (χ2v) is 7.22. The third kappa shape index (κ3) is 3.27. The molecule has 2 rings (SSSR count). The second kappa shape index (κ2) is 6.17. The van der Waals surface area contributed by atoms with E-state index in [9.17, 15) is 8.42 Å². The van der Waals surface area contributed by atoms with Crippen LogP contribution in [0.3, 0.4) is 0 Å². The predicted molar refractivity (Wildman–Crippen MR) is 78.5 cm³/mol. The lowest BCUT2D eigenvalue weighted by Crippen LogP contribution is -2.47. The van der Waals surface area contributed by atoms with E-state index in [0.717, 1.165) is 0 Å². The van der Waals surface area contributed by atoms with Crippen LogP contribution in [0, 0.1) is 0 Å². The summed E-state index contributed by atoms with van der Waals surface area (Å²) < 4.78 is 32.3. The molecule has 20 heavy (non-hydrogen) atoms. The van der Waals surface area contributed by atoms with Crippen molar-refractivity contribution in [2.75, 3.05) is 7.11 Å². The lowest BCUT2D eigenvalue weighted by molar-refractivity contribution is 0.0236. The average Bonchev–Trinajstić information content (AvgIpc) is 2.33. The van der Waals surface area contributed by atoms with E-state index in [1.807, 2.05) is 0 Å². The first kappa shape index (κ1) is 16.0. The summed E-state index contributed by atoms with van der Waals surface area (Å²) in [5.41, 5.74) is 6.07. The molecule has 1 aromatic rings. The topological polar surface area (TPSA) is 81.4 Å². The smallest absolute Gasteiger partial charge is 0.242 e. The molecule has 0 aromatic heterocycles. The van der Waals surface area contributed by atoms with Crippen LogP contribution in [0.25, 0.3) is 0 Å². The molecule has 1 aromatic carbocycles. The van der Waals surface area contributed by atoms with Gasteiger partial charge in [-0.1, -0.05) is 23.2 Å². The van der Waals surface area contributed by atoms with Crippen molar-refractivity contribution in [3.63, 3.8) is 0 Å². The molecule has 5 nitrogen and oxygen atoms in total. The standard InChI is InChI=1S/C12H16Cl2N2O3S/c1-19-9-3-8(4-9)16-20(17,18)12-2-7(6-15)10(13)5-11(12)14/h2,5,8-9,16H,3-4,6,15H2,1H3. The molecule has 1 aliphatic carbocycles. The highest BCUT2D eigenvalue weighted by atomic mass is 35.5. The molecule has 112 valence electrons. The summed E-state index contributed by atoms with van der Waals surface area (Å²) in [6.45, 7) is 0.147. The van der Waals surface area contributed by atoms with Crippen molar-refractivity contribution in [1.29, 1.82) is 0 Å². The average molecular weight is 339 g/mol. The van der Waals surface area contributed by atoms with Crippen molar-refractivity contribution in [3.05, 3.63) is 27.7 Å². The molecule has 0 unspecified atom stereocenters. The van der Waals surface area contributed by atoms with E-state index in [2.05, 4.69) is 4.72 Å². The fourth-order valence-electron chi connectivity index (χ4n) is 2.07. The van der Waals surface area contributed by atoms with Gasteiger partial charge in [-0.2, -0.15) is 0 Å². The molecule has 8 heteroatoms. The van der Waals surface area contributed by atoms with Crippen LogP contribution >= 0.6 is 23.2 Å². The van der Waals surface area contributed by atoms with Crippen LogP contribution in [-0.4, -0.2) is 27.7 Å². The molecule has 3 N–H and O–H groups in total. The minimum Gasteiger partial charge on any atom is -0.381 e. The Morgan fingerprint density at radius 1 is 1.35 bits per heavy atom. The van der Waals surface area contributed by atoms with Gasteiger partial charge in [0.15, 0.2) is 0 Å². The quantitative estimate of drug-likeness (QED) is 0.859. The van der Waals surface area contributed by atoms with Crippen molar-refractivity contribution < 1.29 is 13.2 Å². The molecule has 0 spiro atoms. The van der Waals surface area contributed by atoms with E-state index >= 15 is 0 Å². The van der Waals surface area contributed by atoms with Gasteiger partial charge in [0.2, 0.25) is 10.0 Å². The molecule has 0 saturated heterocycles.